The first-order chi connectivity index (χ1) is 16.8. The molecule has 1 unspecified atom stereocenters. The van der Waals surface area contributed by atoms with Crippen LogP contribution in [0.2, 0.25) is 0 Å². The molecule has 2 aliphatic heterocycles. The van der Waals surface area contributed by atoms with Gasteiger partial charge in [-0.3, -0.25) is 9.69 Å². The molecule has 7 nitrogen and oxygen atoms in total. The molecule has 2 fully saturated rings. The van der Waals surface area contributed by atoms with E-state index < -0.39 is 0 Å². The molecule has 2 saturated heterocycles. The maximum absolute atomic E-state index is 13.3. The fourth-order valence-electron chi connectivity index (χ4n) is 5.09. The highest BCUT2D eigenvalue weighted by atomic mass is 16.5. The van der Waals surface area contributed by atoms with Gasteiger partial charge in [-0.15, -0.1) is 0 Å². The molecule has 1 aromatic carbocycles. The van der Waals surface area contributed by atoms with Crippen LogP contribution in [0.1, 0.15) is 35.2 Å². The summed E-state index contributed by atoms with van der Waals surface area (Å²) in [6.07, 6.45) is 8.08. The van der Waals surface area contributed by atoms with E-state index in [0.29, 0.717) is 18.1 Å². The highest BCUT2D eigenvalue weighted by molar-refractivity contribution is 5.94. The fraction of sp³-hybridized carbons (Fsp3) is 0.481. The lowest BCUT2D eigenvalue weighted by Gasteiger charge is -2.26. The molecule has 34 heavy (non-hydrogen) atoms. The second-order valence-corrected chi connectivity index (χ2v) is 9.32. The lowest BCUT2D eigenvalue weighted by Crippen LogP contribution is -2.38. The quantitative estimate of drug-likeness (QED) is 0.538. The zero-order valence-electron chi connectivity index (χ0n) is 19.8. The molecular weight excluding hydrogens is 428 g/mol. The second-order valence-electron chi connectivity index (χ2n) is 9.32. The number of hydrogen-bond acceptors (Lipinski definition) is 5. The Bertz CT molecular complexity index is 1090. The molecule has 0 spiro atoms. The van der Waals surface area contributed by atoms with Crippen molar-refractivity contribution in [2.75, 3.05) is 52.5 Å². The van der Waals surface area contributed by atoms with Crippen LogP contribution in [0, 0.1) is 5.92 Å². The number of fused-ring (bicyclic) bond motifs is 1. The van der Waals surface area contributed by atoms with Gasteiger partial charge in [0.25, 0.3) is 5.91 Å². The zero-order chi connectivity index (χ0) is 23.2. The van der Waals surface area contributed by atoms with Crippen molar-refractivity contribution in [1.82, 2.24) is 19.4 Å². The number of morpholine rings is 1. The van der Waals surface area contributed by atoms with Gasteiger partial charge >= 0.3 is 0 Å². The summed E-state index contributed by atoms with van der Waals surface area (Å²) >= 11 is 0. The number of amides is 1. The summed E-state index contributed by atoms with van der Waals surface area (Å²) in [5.74, 6) is 1.45. The van der Waals surface area contributed by atoms with Gasteiger partial charge in [-0.05, 0) is 67.5 Å². The number of pyridine rings is 1. The summed E-state index contributed by atoms with van der Waals surface area (Å²) in [5.41, 5.74) is 3.24. The molecule has 2 aromatic heterocycles. The van der Waals surface area contributed by atoms with E-state index in [1.807, 2.05) is 46.1 Å². The molecule has 1 atom stereocenters. The summed E-state index contributed by atoms with van der Waals surface area (Å²) < 4.78 is 13.3. The highest BCUT2D eigenvalue weighted by Crippen LogP contribution is 2.25. The number of nitrogens with zero attached hydrogens (tertiary/aromatic N) is 4. The van der Waals surface area contributed by atoms with Crippen molar-refractivity contribution >= 4 is 11.4 Å². The first kappa shape index (κ1) is 22.9. The van der Waals surface area contributed by atoms with Gasteiger partial charge in [0.1, 0.15) is 12.4 Å². The molecule has 0 radical (unpaired) electrons. The third-order valence-electron chi connectivity index (χ3n) is 7.03. The Morgan fingerprint density at radius 1 is 1.06 bits per heavy atom. The van der Waals surface area contributed by atoms with Gasteiger partial charge in [0.2, 0.25) is 0 Å². The van der Waals surface area contributed by atoms with Crippen LogP contribution in [-0.2, 0) is 11.2 Å². The predicted molar refractivity (Wildman–Crippen MR) is 131 cm³/mol. The Labute approximate surface area is 201 Å². The molecule has 3 aromatic rings. The Morgan fingerprint density at radius 3 is 2.88 bits per heavy atom. The number of carbonyl (C=O) groups excluding carboxylic acids is 1. The lowest BCUT2D eigenvalue weighted by molar-refractivity contribution is 0.0322. The van der Waals surface area contributed by atoms with Crippen LogP contribution in [0.3, 0.4) is 0 Å². The number of hydrogen-bond donors (Lipinski definition) is 0. The molecular formula is C27H34N4O3. The van der Waals surface area contributed by atoms with Crippen LogP contribution in [0.25, 0.3) is 5.52 Å². The molecule has 0 bridgehead atoms. The molecule has 2 aliphatic rings. The molecule has 5 rings (SSSR count). The third-order valence-corrected chi connectivity index (χ3v) is 7.03. The largest absolute Gasteiger partial charge is 0.492 e. The molecule has 0 aliphatic carbocycles. The van der Waals surface area contributed by atoms with Crippen LogP contribution < -0.4 is 4.74 Å². The van der Waals surface area contributed by atoms with E-state index >= 15 is 0 Å². The summed E-state index contributed by atoms with van der Waals surface area (Å²) in [6.45, 7) is 6.60. The van der Waals surface area contributed by atoms with Crippen molar-refractivity contribution in [2.45, 2.75) is 25.7 Å². The Balaban J connectivity index is 1.15. The number of carbonyl (C=O) groups is 1. The van der Waals surface area contributed by atoms with Crippen molar-refractivity contribution in [3.63, 3.8) is 0 Å². The molecule has 7 heteroatoms. The standard InChI is InChI=1S/C27H34N4O3/c32-27(24-5-1-7-25(21-24)34-19-16-29-14-17-33-18-15-29)30-11-2-4-22(9-13-30)20-23-6-3-12-31-26(23)8-10-28-31/h1,3,5-8,10,12,21-22H,2,4,9,11,13-20H2. The SMILES string of the molecule is O=C(c1cccc(OCCN2CCOCC2)c1)N1CCCC(Cc2cccn3nccc23)CC1. The second kappa shape index (κ2) is 11.0. The number of aromatic nitrogens is 2. The Morgan fingerprint density at radius 2 is 1.97 bits per heavy atom. The number of ether oxygens (including phenoxy) is 2. The first-order valence-electron chi connectivity index (χ1n) is 12.5. The number of likely N-dealkylation sites (tertiary alicyclic amines) is 1. The van der Waals surface area contributed by atoms with E-state index in [0.717, 1.165) is 77.4 Å². The maximum Gasteiger partial charge on any atom is 0.253 e. The molecule has 0 N–H and O–H groups in total. The van der Waals surface area contributed by atoms with Crippen molar-refractivity contribution in [1.29, 1.82) is 0 Å². The smallest absolute Gasteiger partial charge is 0.253 e. The van der Waals surface area contributed by atoms with Crippen molar-refractivity contribution in [3.05, 3.63) is 66.0 Å². The van der Waals surface area contributed by atoms with Gasteiger partial charge in [0.05, 0.1) is 18.7 Å². The van der Waals surface area contributed by atoms with E-state index in [4.69, 9.17) is 9.47 Å². The van der Waals surface area contributed by atoms with Crippen LogP contribution in [0.5, 0.6) is 5.75 Å². The van der Waals surface area contributed by atoms with Crippen LogP contribution in [0.15, 0.2) is 54.9 Å². The van der Waals surface area contributed by atoms with Crippen LogP contribution in [-0.4, -0.2) is 77.9 Å². The van der Waals surface area contributed by atoms with E-state index in [1.54, 1.807) is 0 Å². The molecule has 1 amide bonds. The van der Waals surface area contributed by atoms with Gasteiger partial charge in [0, 0.05) is 50.7 Å². The van der Waals surface area contributed by atoms with Gasteiger partial charge in [-0.1, -0.05) is 12.1 Å². The van der Waals surface area contributed by atoms with Crippen molar-refractivity contribution < 1.29 is 14.3 Å². The van der Waals surface area contributed by atoms with E-state index in [2.05, 4.69) is 28.2 Å². The Kier molecular flexibility index (Phi) is 7.41. The van der Waals surface area contributed by atoms with Gasteiger partial charge in [-0.2, -0.15) is 5.10 Å². The van der Waals surface area contributed by atoms with Crippen LogP contribution in [0.4, 0.5) is 0 Å². The zero-order valence-corrected chi connectivity index (χ0v) is 19.8. The highest BCUT2D eigenvalue weighted by Gasteiger charge is 2.23. The van der Waals surface area contributed by atoms with Gasteiger partial charge in [-0.25, -0.2) is 4.52 Å². The van der Waals surface area contributed by atoms with E-state index in [-0.39, 0.29) is 5.91 Å². The normalized spacial score (nSPS) is 19.8. The summed E-state index contributed by atoms with van der Waals surface area (Å²) in [5, 5.41) is 4.36. The van der Waals surface area contributed by atoms with E-state index in [9.17, 15) is 4.79 Å². The summed E-state index contributed by atoms with van der Waals surface area (Å²) in [4.78, 5) is 17.6. The lowest BCUT2D eigenvalue weighted by atomic mass is 9.92. The minimum absolute atomic E-state index is 0.108. The third kappa shape index (κ3) is 5.59. The number of rotatable bonds is 7. The summed E-state index contributed by atoms with van der Waals surface area (Å²) in [6, 6.07) is 14.0. The molecule has 180 valence electrons. The minimum atomic E-state index is 0.108. The van der Waals surface area contributed by atoms with Crippen LogP contribution >= 0.6 is 0 Å². The van der Waals surface area contributed by atoms with Crippen molar-refractivity contribution in [3.8, 4) is 5.75 Å². The Hall–Kier alpha value is -2.90. The summed E-state index contributed by atoms with van der Waals surface area (Å²) in [7, 11) is 0. The molecule has 4 heterocycles. The monoisotopic (exact) mass is 462 g/mol. The topological polar surface area (TPSA) is 59.3 Å². The first-order valence-corrected chi connectivity index (χ1v) is 12.5. The maximum atomic E-state index is 13.3. The average molecular weight is 463 g/mol. The van der Waals surface area contributed by atoms with Gasteiger partial charge < -0.3 is 14.4 Å². The number of benzene rings is 1. The fourth-order valence-corrected chi connectivity index (χ4v) is 5.09. The predicted octanol–water partition coefficient (Wildman–Crippen LogP) is 3.53. The van der Waals surface area contributed by atoms with E-state index in [1.165, 1.54) is 11.1 Å². The van der Waals surface area contributed by atoms with Gasteiger partial charge in [0.15, 0.2) is 0 Å². The average Bonchev–Trinajstić information content (AvgIpc) is 3.25. The minimum Gasteiger partial charge on any atom is -0.492 e. The molecule has 0 saturated carbocycles. The van der Waals surface area contributed by atoms with Crippen molar-refractivity contribution in [2.24, 2.45) is 5.92 Å².